The van der Waals surface area contributed by atoms with Crippen LogP contribution in [-0.2, 0) is 0 Å². The molecule has 0 saturated heterocycles. The number of benzene rings is 8. The predicted octanol–water partition coefficient (Wildman–Crippen LogP) is 13.5. The number of para-hydroxylation sites is 2. The van der Waals surface area contributed by atoms with Gasteiger partial charge < -0.3 is 9.88 Å². The monoisotopic (exact) mass is 754 g/mol. The fourth-order valence-corrected chi connectivity index (χ4v) is 8.55. The van der Waals surface area contributed by atoms with Crippen LogP contribution in [0.2, 0.25) is 0 Å². The fraction of sp³-hybridized carbons (Fsp3) is 0.0182. The Hall–Kier alpha value is -7.82. The number of aromatic nitrogens is 2. The molecule has 1 atom stereocenters. The van der Waals surface area contributed by atoms with Crippen LogP contribution in [0, 0.1) is 0 Å². The number of pyridine rings is 1. The molecular weight excluding hydrogens is 717 g/mol. The highest BCUT2D eigenvalue weighted by molar-refractivity contribution is 6.23. The molecule has 1 unspecified atom stereocenters. The van der Waals surface area contributed by atoms with Crippen LogP contribution in [0.4, 0.5) is 0 Å². The topological polar surface area (TPSA) is 42.2 Å². The Kier molecular flexibility index (Phi) is 8.52. The molecule has 0 radical (unpaired) electrons. The van der Waals surface area contributed by atoms with Crippen molar-refractivity contribution in [2.24, 2.45) is 4.99 Å². The number of hydrogen-bond donors (Lipinski definition) is 1. The smallest absolute Gasteiger partial charge is 0.134 e. The van der Waals surface area contributed by atoms with E-state index in [1.54, 1.807) is 0 Å². The standard InChI is InChI=1S/C55H38N4/c1-4-15-37(16-5-1)39-27-31-41(32-28-39)49-36-50(42-33-29-40(30-34-42)38-17-6-2-7-18-38)58-55(57-49)44-21-14-22-45(35-44)59-51-26-13-11-24-47(51)52-46-23-10-12-25-48(46)56-53(54(52)59)43-19-8-3-9-20-43/h1-36,49H,(H,57,58). The first-order valence-corrected chi connectivity index (χ1v) is 20.1. The summed E-state index contributed by atoms with van der Waals surface area (Å²) in [4.78, 5) is 10.7. The van der Waals surface area contributed by atoms with Gasteiger partial charge in [-0.15, -0.1) is 0 Å². The van der Waals surface area contributed by atoms with E-state index >= 15 is 0 Å². The van der Waals surface area contributed by atoms with E-state index in [1.807, 2.05) is 0 Å². The molecule has 1 N–H and O–H groups in total. The van der Waals surface area contributed by atoms with Gasteiger partial charge in [0.1, 0.15) is 5.84 Å². The van der Waals surface area contributed by atoms with Crippen LogP contribution in [-0.4, -0.2) is 15.4 Å². The van der Waals surface area contributed by atoms with Gasteiger partial charge in [-0.25, -0.2) is 9.98 Å². The Morgan fingerprint density at radius 2 is 0.983 bits per heavy atom. The largest absolute Gasteiger partial charge is 0.359 e. The van der Waals surface area contributed by atoms with Crippen LogP contribution >= 0.6 is 0 Å². The average Bonchev–Trinajstić information content (AvgIpc) is 3.68. The van der Waals surface area contributed by atoms with E-state index in [9.17, 15) is 0 Å². The van der Waals surface area contributed by atoms with Crippen molar-refractivity contribution in [3.8, 4) is 39.2 Å². The van der Waals surface area contributed by atoms with Gasteiger partial charge in [0.25, 0.3) is 0 Å². The SMILES string of the molecule is C1=C(c2ccc(-c3ccccc3)cc2)N=C(c2cccc(-n3c4ccccc4c4c5ccccc5nc(-c5ccccc5)c43)c2)NC1c1ccc(-c2ccccc2)cc1. The van der Waals surface area contributed by atoms with Gasteiger partial charge >= 0.3 is 0 Å². The van der Waals surface area contributed by atoms with Crippen molar-refractivity contribution in [2.45, 2.75) is 6.04 Å². The normalized spacial score (nSPS) is 13.9. The molecule has 4 nitrogen and oxygen atoms in total. The van der Waals surface area contributed by atoms with Crippen LogP contribution in [0.5, 0.6) is 0 Å². The van der Waals surface area contributed by atoms with Crippen LogP contribution in [0.3, 0.4) is 0 Å². The molecule has 1 aliphatic rings. The summed E-state index contributed by atoms with van der Waals surface area (Å²) in [5.74, 6) is 0.821. The lowest BCUT2D eigenvalue weighted by atomic mass is 9.97. The summed E-state index contributed by atoms with van der Waals surface area (Å²) in [5, 5.41) is 7.38. The van der Waals surface area contributed by atoms with Crippen molar-refractivity contribution < 1.29 is 0 Å². The molecule has 11 rings (SSSR count). The van der Waals surface area contributed by atoms with Crippen molar-refractivity contribution in [1.82, 2.24) is 14.9 Å². The van der Waals surface area contributed by atoms with Gasteiger partial charge in [-0.05, 0) is 63.7 Å². The maximum absolute atomic E-state index is 5.36. The second kappa shape index (κ2) is 14.6. The first-order chi connectivity index (χ1) is 29.2. The molecule has 1 aliphatic heterocycles. The molecule has 0 bridgehead atoms. The Morgan fingerprint density at radius 1 is 0.441 bits per heavy atom. The van der Waals surface area contributed by atoms with E-state index < -0.39 is 0 Å². The molecular formula is C55H38N4. The number of amidine groups is 1. The van der Waals surface area contributed by atoms with Crippen molar-refractivity contribution in [1.29, 1.82) is 0 Å². The number of aliphatic imine (C=N–C) groups is 1. The molecule has 0 saturated carbocycles. The van der Waals surface area contributed by atoms with Gasteiger partial charge in [-0.3, -0.25) is 0 Å². The van der Waals surface area contributed by atoms with Crippen LogP contribution in [0.15, 0.2) is 223 Å². The Morgan fingerprint density at radius 3 is 1.68 bits per heavy atom. The summed E-state index contributed by atoms with van der Waals surface area (Å²) in [6, 6.07) is 75.1. The zero-order chi connectivity index (χ0) is 39.1. The highest BCUT2D eigenvalue weighted by Crippen LogP contribution is 2.41. The lowest BCUT2D eigenvalue weighted by molar-refractivity contribution is 0.781. The van der Waals surface area contributed by atoms with Crippen LogP contribution in [0.1, 0.15) is 22.7 Å². The highest BCUT2D eigenvalue weighted by Gasteiger charge is 2.23. The van der Waals surface area contributed by atoms with Crippen molar-refractivity contribution >= 4 is 44.2 Å². The van der Waals surface area contributed by atoms with E-state index in [-0.39, 0.29) is 6.04 Å². The Balaban J connectivity index is 1.06. The maximum atomic E-state index is 5.36. The van der Waals surface area contributed by atoms with Gasteiger partial charge in [-0.2, -0.15) is 0 Å². The van der Waals surface area contributed by atoms with E-state index in [2.05, 4.69) is 228 Å². The van der Waals surface area contributed by atoms with Crippen LogP contribution < -0.4 is 5.32 Å². The van der Waals surface area contributed by atoms with Crippen molar-refractivity contribution in [3.05, 3.63) is 235 Å². The number of nitrogens with one attached hydrogen (secondary N) is 1. The van der Waals surface area contributed by atoms with Crippen LogP contribution in [0.25, 0.3) is 77.6 Å². The molecule has 3 heterocycles. The lowest BCUT2D eigenvalue weighted by Gasteiger charge is -2.25. The highest BCUT2D eigenvalue weighted by atomic mass is 15.1. The molecule has 4 heteroatoms. The fourth-order valence-electron chi connectivity index (χ4n) is 8.55. The van der Waals surface area contributed by atoms with E-state index in [4.69, 9.17) is 9.98 Å². The summed E-state index contributed by atoms with van der Waals surface area (Å²) in [5.41, 5.74) is 15.2. The second-order valence-electron chi connectivity index (χ2n) is 15.0. The minimum Gasteiger partial charge on any atom is -0.359 e. The quantitative estimate of drug-likeness (QED) is 0.176. The van der Waals surface area contributed by atoms with Gasteiger partial charge in [-0.1, -0.05) is 188 Å². The van der Waals surface area contributed by atoms with E-state index in [1.165, 1.54) is 38.6 Å². The first-order valence-electron chi connectivity index (χ1n) is 20.1. The molecule has 0 fully saturated rings. The summed E-state index contributed by atoms with van der Waals surface area (Å²) < 4.78 is 2.39. The van der Waals surface area contributed by atoms with Crippen molar-refractivity contribution in [2.75, 3.05) is 0 Å². The van der Waals surface area contributed by atoms with Gasteiger partial charge in [0.05, 0.1) is 34.0 Å². The molecule has 8 aromatic carbocycles. The zero-order valence-electron chi connectivity index (χ0n) is 32.2. The number of rotatable bonds is 7. The molecule has 278 valence electrons. The Bertz CT molecular complexity index is 3200. The predicted molar refractivity (Wildman–Crippen MR) is 246 cm³/mol. The molecule has 0 spiro atoms. The van der Waals surface area contributed by atoms with Crippen molar-refractivity contribution in [3.63, 3.8) is 0 Å². The third-order valence-electron chi connectivity index (χ3n) is 11.4. The van der Waals surface area contributed by atoms with E-state index in [0.717, 1.165) is 61.5 Å². The summed E-state index contributed by atoms with van der Waals surface area (Å²) in [6.45, 7) is 0. The van der Waals surface area contributed by atoms with Gasteiger partial charge in [0.2, 0.25) is 0 Å². The number of hydrogen-bond acceptors (Lipinski definition) is 3. The minimum atomic E-state index is -0.103. The molecule has 0 amide bonds. The average molecular weight is 755 g/mol. The molecule has 59 heavy (non-hydrogen) atoms. The molecule has 0 aliphatic carbocycles. The summed E-state index contributed by atoms with van der Waals surface area (Å²) >= 11 is 0. The van der Waals surface area contributed by atoms with Gasteiger partial charge in [0.15, 0.2) is 0 Å². The number of fused-ring (bicyclic) bond motifs is 5. The summed E-state index contributed by atoms with van der Waals surface area (Å²) in [7, 11) is 0. The second-order valence-corrected chi connectivity index (χ2v) is 15.0. The Labute approximate surface area is 343 Å². The van der Waals surface area contributed by atoms with E-state index in [0.29, 0.717) is 0 Å². The molecule has 10 aromatic rings. The third-order valence-corrected chi connectivity index (χ3v) is 11.4. The zero-order valence-corrected chi connectivity index (χ0v) is 32.2. The summed E-state index contributed by atoms with van der Waals surface area (Å²) in [6.07, 6.45) is 2.25. The minimum absolute atomic E-state index is 0.103. The number of nitrogens with zero attached hydrogens (tertiary/aromatic N) is 3. The van der Waals surface area contributed by atoms with Gasteiger partial charge in [0, 0.05) is 33.0 Å². The maximum Gasteiger partial charge on any atom is 0.134 e. The molecule has 2 aromatic heterocycles. The third kappa shape index (κ3) is 6.28. The lowest BCUT2D eigenvalue weighted by Crippen LogP contribution is -2.31. The first kappa shape index (κ1) is 34.4.